The zero-order valence-electron chi connectivity index (χ0n) is 10.3. The summed E-state index contributed by atoms with van der Waals surface area (Å²) in [6.45, 7) is 4.73. The molecule has 0 heterocycles. The van der Waals surface area contributed by atoms with E-state index in [1.807, 2.05) is 6.92 Å². The van der Waals surface area contributed by atoms with E-state index in [0.717, 1.165) is 12.8 Å². The molecule has 1 aromatic carbocycles. The standard InChI is InChI=1S/C13H19ClFNO/c1-3-7-13(2,17)9-16-8-10-5-4-6-11(15)12(10)14/h4-6,16-17H,3,7-9H2,1-2H3. The Hall–Kier alpha value is -0.640. The lowest BCUT2D eigenvalue weighted by atomic mass is 10.0. The van der Waals surface area contributed by atoms with Crippen molar-refractivity contribution < 1.29 is 9.50 Å². The minimum absolute atomic E-state index is 0.148. The van der Waals surface area contributed by atoms with E-state index in [0.29, 0.717) is 18.7 Å². The summed E-state index contributed by atoms with van der Waals surface area (Å²) in [4.78, 5) is 0. The molecule has 1 unspecified atom stereocenters. The molecule has 0 amide bonds. The molecule has 1 atom stereocenters. The third kappa shape index (κ3) is 4.62. The number of hydrogen-bond acceptors (Lipinski definition) is 2. The molecule has 17 heavy (non-hydrogen) atoms. The largest absolute Gasteiger partial charge is 0.389 e. The van der Waals surface area contributed by atoms with Gasteiger partial charge in [0.1, 0.15) is 5.82 Å². The van der Waals surface area contributed by atoms with Gasteiger partial charge in [0.05, 0.1) is 10.6 Å². The maximum Gasteiger partial charge on any atom is 0.142 e. The Morgan fingerprint density at radius 1 is 1.47 bits per heavy atom. The normalized spacial score (nSPS) is 14.6. The fraction of sp³-hybridized carbons (Fsp3) is 0.538. The van der Waals surface area contributed by atoms with Crippen LogP contribution in [0.1, 0.15) is 32.3 Å². The van der Waals surface area contributed by atoms with Crippen molar-refractivity contribution in [3.8, 4) is 0 Å². The van der Waals surface area contributed by atoms with E-state index in [4.69, 9.17) is 11.6 Å². The van der Waals surface area contributed by atoms with Crippen LogP contribution in [-0.2, 0) is 6.54 Å². The molecular weight excluding hydrogens is 241 g/mol. The maximum absolute atomic E-state index is 13.2. The van der Waals surface area contributed by atoms with Crippen LogP contribution in [0.25, 0.3) is 0 Å². The van der Waals surface area contributed by atoms with Crippen LogP contribution in [0.2, 0.25) is 5.02 Å². The predicted octanol–water partition coefficient (Wildman–Crippen LogP) is 3.12. The lowest BCUT2D eigenvalue weighted by Gasteiger charge is -2.23. The maximum atomic E-state index is 13.2. The zero-order chi connectivity index (χ0) is 12.9. The Morgan fingerprint density at radius 2 is 2.18 bits per heavy atom. The molecule has 0 saturated heterocycles. The lowest BCUT2D eigenvalue weighted by Crippen LogP contribution is -2.37. The highest BCUT2D eigenvalue weighted by molar-refractivity contribution is 6.31. The molecule has 0 aromatic heterocycles. The number of benzene rings is 1. The van der Waals surface area contributed by atoms with Gasteiger partial charge in [0, 0.05) is 13.1 Å². The van der Waals surface area contributed by atoms with Crippen molar-refractivity contribution in [1.82, 2.24) is 5.32 Å². The number of rotatable bonds is 6. The van der Waals surface area contributed by atoms with Gasteiger partial charge >= 0.3 is 0 Å². The van der Waals surface area contributed by atoms with Gasteiger partial charge in [-0.25, -0.2) is 4.39 Å². The first kappa shape index (κ1) is 14.4. The Bertz CT molecular complexity index is 368. The van der Waals surface area contributed by atoms with Crippen molar-refractivity contribution in [3.05, 3.63) is 34.6 Å². The molecule has 1 aromatic rings. The fourth-order valence-corrected chi connectivity index (χ4v) is 1.97. The zero-order valence-corrected chi connectivity index (χ0v) is 11.0. The first-order chi connectivity index (χ1) is 7.96. The van der Waals surface area contributed by atoms with Crippen LogP contribution >= 0.6 is 11.6 Å². The molecule has 0 bridgehead atoms. The molecule has 96 valence electrons. The van der Waals surface area contributed by atoms with Gasteiger partial charge in [-0.2, -0.15) is 0 Å². The number of nitrogens with one attached hydrogen (secondary N) is 1. The van der Waals surface area contributed by atoms with E-state index in [9.17, 15) is 9.50 Å². The summed E-state index contributed by atoms with van der Waals surface area (Å²) in [5.41, 5.74) is -0.0203. The van der Waals surface area contributed by atoms with Crippen LogP contribution < -0.4 is 5.32 Å². The van der Waals surface area contributed by atoms with E-state index in [2.05, 4.69) is 5.32 Å². The monoisotopic (exact) mass is 259 g/mol. The second-order valence-electron chi connectivity index (χ2n) is 4.56. The van der Waals surface area contributed by atoms with Crippen molar-refractivity contribution in [2.75, 3.05) is 6.54 Å². The Labute approximate surface area is 107 Å². The van der Waals surface area contributed by atoms with E-state index >= 15 is 0 Å². The van der Waals surface area contributed by atoms with Crippen molar-refractivity contribution in [1.29, 1.82) is 0 Å². The van der Waals surface area contributed by atoms with Crippen LogP contribution in [0.15, 0.2) is 18.2 Å². The summed E-state index contributed by atoms with van der Waals surface area (Å²) < 4.78 is 13.2. The van der Waals surface area contributed by atoms with Crippen LogP contribution in [0, 0.1) is 5.82 Å². The van der Waals surface area contributed by atoms with E-state index in [-0.39, 0.29) is 5.02 Å². The molecule has 4 heteroatoms. The van der Waals surface area contributed by atoms with Gasteiger partial charge in [-0.3, -0.25) is 0 Å². The first-order valence-corrected chi connectivity index (χ1v) is 6.20. The van der Waals surface area contributed by atoms with Gasteiger partial charge in [0.15, 0.2) is 0 Å². The third-order valence-corrected chi connectivity index (χ3v) is 3.06. The Morgan fingerprint density at radius 3 is 2.82 bits per heavy atom. The summed E-state index contributed by atoms with van der Waals surface area (Å²) in [5.74, 6) is -0.411. The lowest BCUT2D eigenvalue weighted by molar-refractivity contribution is 0.0498. The average Bonchev–Trinajstić information content (AvgIpc) is 2.24. The Kier molecular flexibility index (Phi) is 5.37. The van der Waals surface area contributed by atoms with Crippen molar-refractivity contribution in [2.45, 2.75) is 38.8 Å². The van der Waals surface area contributed by atoms with Gasteiger partial charge in [0.25, 0.3) is 0 Å². The highest BCUT2D eigenvalue weighted by Gasteiger charge is 2.18. The topological polar surface area (TPSA) is 32.3 Å². The summed E-state index contributed by atoms with van der Waals surface area (Å²) in [6.07, 6.45) is 1.66. The molecule has 0 fully saturated rings. The SMILES string of the molecule is CCCC(C)(O)CNCc1cccc(F)c1Cl. The molecule has 0 aliphatic heterocycles. The van der Waals surface area contributed by atoms with Gasteiger partial charge in [-0.05, 0) is 25.0 Å². The van der Waals surface area contributed by atoms with Crippen LogP contribution in [-0.4, -0.2) is 17.3 Å². The number of halogens is 2. The molecule has 2 nitrogen and oxygen atoms in total. The highest BCUT2D eigenvalue weighted by atomic mass is 35.5. The fourth-order valence-electron chi connectivity index (χ4n) is 1.78. The number of hydrogen-bond donors (Lipinski definition) is 2. The van der Waals surface area contributed by atoms with Crippen molar-refractivity contribution >= 4 is 11.6 Å². The minimum atomic E-state index is -0.728. The van der Waals surface area contributed by atoms with Crippen molar-refractivity contribution in [3.63, 3.8) is 0 Å². The van der Waals surface area contributed by atoms with Crippen LogP contribution in [0.5, 0.6) is 0 Å². The second kappa shape index (κ2) is 6.34. The summed E-state index contributed by atoms with van der Waals surface area (Å²) in [6, 6.07) is 4.73. The smallest absolute Gasteiger partial charge is 0.142 e. The predicted molar refractivity (Wildman–Crippen MR) is 68.6 cm³/mol. The molecule has 1 rings (SSSR count). The molecule has 0 saturated carbocycles. The summed E-state index contributed by atoms with van der Waals surface area (Å²) in [5, 5.41) is 13.2. The van der Waals surface area contributed by atoms with Gasteiger partial charge in [0.2, 0.25) is 0 Å². The molecular formula is C13H19ClFNO. The van der Waals surface area contributed by atoms with Crippen molar-refractivity contribution in [2.24, 2.45) is 0 Å². The second-order valence-corrected chi connectivity index (χ2v) is 4.94. The molecule has 2 N–H and O–H groups in total. The van der Waals surface area contributed by atoms with E-state index < -0.39 is 11.4 Å². The first-order valence-electron chi connectivity index (χ1n) is 5.82. The quantitative estimate of drug-likeness (QED) is 0.823. The van der Waals surface area contributed by atoms with Gasteiger partial charge < -0.3 is 10.4 Å². The van der Waals surface area contributed by atoms with Gasteiger partial charge in [-0.1, -0.05) is 37.1 Å². The minimum Gasteiger partial charge on any atom is -0.389 e. The molecule has 0 aliphatic rings. The van der Waals surface area contributed by atoms with E-state index in [1.54, 1.807) is 19.1 Å². The molecule has 0 spiro atoms. The number of aliphatic hydroxyl groups is 1. The van der Waals surface area contributed by atoms with Crippen LogP contribution in [0.4, 0.5) is 4.39 Å². The molecule has 0 radical (unpaired) electrons. The average molecular weight is 260 g/mol. The highest BCUT2D eigenvalue weighted by Crippen LogP contribution is 2.19. The Balaban J connectivity index is 2.49. The van der Waals surface area contributed by atoms with Crippen LogP contribution in [0.3, 0.4) is 0 Å². The third-order valence-electron chi connectivity index (χ3n) is 2.64. The van der Waals surface area contributed by atoms with E-state index in [1.165, 1.54) is 6.07 Å². The summed E-state index contributed by atoms with van der Waals surface area (Å²) >= 11 is 5.83. The molecule has 0 aliphatic carbocycles. The van der Waals surface area contributed by atoms with Gasteiger partial charge in [-0.15, -0.1) is 0 Å². The summed E-state index contributed by atoms with van der Waals surface area (Å²) in [7, 11) is 0.